The van der Waals surface area contributed by atoms with Crippen LogP contribution in [0.15, 0.2) is 11.6 Å². The van der Waals surface area contributed by atoms with Gasteiger partial charge in [-0.25, -0.2) is 4.79 Å². The predicted molar refractivity (Wildman–Crippen MR) is 42.4 cm³/mol. The third kappa shape index (κ3) is 3.75. The van der Waals surface area contributed by atoms with Crippen LogP contribution in [0.3, 0.4) is 0 Å². The molecule has 0 aromatic heterocycles. The second-order valence-electron chi connectivity index (χ2n) is 2.28. The van der Waals surface area contributed by atoms with Crippen molar-refractivity contribution in [3.05, 3.63) is 11.6 Å². The van der Waals surface area contributed by atoms with Gasteiger partial charge < -0.3 is 9.47 Å². The fourth-order valence-corrected chi connectivity index (χ4v) is 0.708. The summed E-state index contributed by atoms with van der Waals surface area (Å²) in [5.74, 6) is -0.420. The van der Waals surface area contributed by atoms with Crippen molar-refractivity contribution in [2.45, 2.75) is 20.0 Å². The molecular weight excluding hydrogens is 160 g/mol. The van der Waals surface area contributed by atoms with Gasteiger partial charge in [-0.1, -0.05) is 0 Å². The van der Waals surface area contributed by atoms with Gasteiger partial charge in [0.2, 0.25) is 0 Å². The molecule has 1 unspecified atom stereocenters. The van der Waals surface area contributed by atoms with E-state index in [2.05, 4.69) is 9.47 Å². The van der Waals surface area contributed by atoms with Gasteiger partial charge in [-0.15, -0.1) is 0 Å². The van der Waals surface area contributed by atoms with Crippen molar-refractivity contribution in [2.75, 3.05) is 7.11 Å². The molecule has 0 aromatic rings. The van der Waals surface area contributed by atoms with Crippen LogP contribution >= 0.6 is 0 Å². The minimum atomic E-state index is -0.420. The maximum atomic E-state index is 10.8. The first kappa shape index (κ1) is 10.7. The highest BCUT2D eigenvalue weighted by atomic mass is 16.5. The molecule has 0 saturated heterocycles. The van der Waals surface area contributed by atoms with Crippen LogP contribution < -0.4 is 0 Å². The fourth-order valence-electron chi connectivity index (χ4n) is 0.708. The Bertz CT molecular complexity index is 195. The summed E-state index contributed by atoms with van der Waals surface area (Å²) in [7, 11) is 1.30. The Morgan fingerprint density at radius 3 is 2.50 bits per heavy atom. The smallest absolute Gasteiger partial charge is 0.333 e. The molecule has 12 heavy (non-hydrogen) atoms. The third-order valence-corrected chi connectivity index (χ3v) is 1.26. The van der Waals surface area contributed by atoms with E-state index in [4.69, 9.17) is 0 Å². The van der Waals surface area contributed by atoms with Gasteiger partial charge in [0.25, 0.3) is 6.47 Å². The van der Waals surface area contributed by atoms with E-state index < -0.39 is 12.1 Å². The number of hydrogen-bond donors (Lipinski definition) is 0. The average Bonchev–Trinajstić information content (AvgIpc) is 2.03. The second-order valence-corrected chi connectivity index (χ2v) is 2.28. The van der Waals surface area contributed by atoms with Gasteiger partial charge in [0.15, 0.2) is 0 Å². The zero-order valence-electron chi connectivity index (χ0n) is 7.37. The lowest BCUT2D eigenvalue weighted by Gasteiger charge is -2.04. The Hall–Kier alpha value is -1.32. The molecule has 0 aromatic carbocycles. The standard InChI is InChI=1S/C8H12O4/c1-6(8(10)11-3)4-7(2)12-5-9/h4-5,7H,1-3H3. The van der Waals surface area contributed by atoms with E-state index in [1.165, 1.54) is 13.2 Å². The predicted octanol–water partition coefficient (Wildman–Crippen LogP) is 0.667. The zero-order chi connectivity index (χ0) is 9.56. The number of ether oxygens (including phenoxy) is 2. The number of methoxy groups -OCH3 is 1. The molecule has 0 spiro atoms. The van der Waals surface area contributed by atoms with Crippen molar-refractivity contribution in [1.29, 1.82) is 0 Å². The van der Waals surface area contributed by atoms with Gasteiger partial charge in [0.1, 0.15) is 6.10 Å². The van der Waals surface area contributed by atoms with Gasteiger partial charge in [0.05, 0.1) is 7.11 Å². The summed E-state index contributed by atoms with van der Waals surface area (Å²) >= 11 is 0. The van der Waals surface area contributed by atoms with Crippen molar-refractivity contribution in [2.24, 2.45) is 0 Å². The van der Waals surface area contributed by atoms with Gasteiger partial charge >= 0.3 is 5.97 Å². The van der Waals surface area contributed by atoms with Crippen LogP contribution in [0.4, 0.5) is 0 Å². The lowest BCUT2D eigenvalue weighted by atomic mass is 10.2. The monoisotopic (exact) mass is 172 g/mol. The van der Waals surface area contributed by atoms with Crippen LogP contribution in [0.5, 0.6) is 0 Å². The summed E-state index contributed by atoms with van der Waals surface area (Å²) in [4.78, 5) is 20.7. The quantitative estimate of drug-likeness (QED) is 0.355. The normalized spacial score (nSPS) is 13.4. The largest absolute Gasteiger partial charge is 0.466 e. The Kier molecular flexibility index (Phi) is 4.76. The maximum Gasteiger partial charge on any atom is 0.333 e. The Morgan fingerprint density at radius 1 is 1.50 bits per heavy atom. The van der Waals surface area contributed by atoms with Crippen molar-refractivity contribution in [3.8, 4) is 0 Å². The number of esters is 1. The second kappa shape index (κ2) is 5.35. The van der Waals surface area contributed by atoms with E-state index in [1.54, 1.807) is 13.8 Å². The number of rotatable bonds is 4. The molecule has 0 aliphatic carbocycles. The summed E-state index contributed by atoms with van der Waals surface area (Å²) in [6.07, 6.45) is 1.11. The molecule has 0 heterocycles. The first-order chi connectivity index (χ1) is 5.61. The Labute approximate surface area is 71.2 Å². The first-order valence-electron chi connectivity index (χ1n) is 3.47. The van der Waals surface area contributed by atoms with E-state index in [9.17, 15) is 9.59 Å². The molecule has 0 fully saturated rings. The van der Waals surface area contributed by atoms with Gasteiger partial charge in [0, 0.05) is 5.57 Å². The first-order valence-corrected chi connectivity index (χ1v) is 3.47. The van der Waals surface area contributed by atoms with Crippen LogP contribution in [-0.4, -0.2) is 25.7 Å². The molecule has 0 aliphatic heterocycles. The van der Waals surface area contributed by atoms with Gasteiger partial charge in [-0.2, -0.15) is 0 Å². The minimum Gasteiger partial charge on any atom is -0.466 e. The molecule has 0 rings (SSSR count). The minimum absolute atomic E-state index is 0.339. The summed E-state index contributed by atoms with van der Waals surface area (Å²) in [5, 5.41) is 0. The van der Waals surface area contributed by atoms with E-state index >= 15 is 0 Å². The Balaban J connectivity index is 4.14. The molecule has 1 atom stereocenters. The van der Waals surface area contributed by atoms with Gasteiger partial charge in [-0.05, 0) is 19.9 Å². The van der Waals surface area contributed by atoms with Crippen LogP contribution in [0.25, 0.3) is 0 Å². The van der Waals surface area contributed by atoms with E-state index in [1.807, 2.05) is 0 Å². The molecule has 0 N–H and O–H groups in total. The third-order valence-electron chi connectivity index (χ3n) is 1.26. The van der Waals surface area contributed by atoms with Crippen molar-refractivity contribution < 1.29 is 19.1 Å². The van der Waals surface area contributed by atoms with Gasteiger partial charge in [-0.3, -0.25) is 4.79 Å². The molecule has 0 bridgehead atoms. The molecule has 68 valence electrons. The molecule has 0 saturated carbocycles. The molecular formula is C8H12O4. The summed E-state index contributed by atoms with van der Waals surface area (Å²) in [6, 6.07) is 0. The number of hydrogen-bond acceptors (Lipinski definition) is 4. The van der Waals surface area contributed by atoms with Crippen LogP contribution in [0.1, 0.15) is 13.8 Å². The molecule has 4 heteroatoms. The molecule has 4 nitrogen and oxygen atoms in total. The Morgan fingerprint density at radius 2 is 2.08 bits per heavy atom. The number of carbonyl (C=O) groups excluding carboxylic acids is 2. The summed E-state index contributed by atoms with van der Waals surface area (Å²) < 4.78 is 8.98. The van der Waals surface area contributed by atoms with Crippen LogP contribution in [0.2, 0.25) is 0 Å². The number of carbonyl (C=O) groups is 2. The van der Waals surface area contributed by atoms with Crippen molar-refractivity contribution >= 4 is 12.4 Å². The van der Waals surface area contributed by atoms with Crippen molar-refractivity contribution in [3.63, 3.8) is 0 Å². The highest BCUT2D eigenvalue weighted by Crippen LogP contribution is 2.00. The molecule has 0 radical (unpaired) electrons. The molecule has 0 aliphatic rings. The lowest BCUT2D eigenvalue weighted by molar-refractivity contribution is -0.136. The zero-order valence-corrected chi connectivity index (χ0v) is 7.37. The van der Waals surface area contributed by atoms with Crippen LogP contribution in [0, 0.1) is 0 Å². The average molecular weight is 172 g/mol. The SMILES string of the molecule is COC(=O)C(C)=CC(C)OC=O. The maximum absolute atomic E-state index is 10.8. The highest BCUT2D eigenvalue weighted by Gasteiger charge is 2.05. The fraction of sp³-hybridized carbons (Fsp3) is 0.500. The van der Waals surface area contributed by atoms with E-state index in [0.717, 1.165) is 0 Å². The lowest BCUT2D eigenvalue weighted by Crippen LogP contribution is -2.08. The molecule has 0 amide bonds. The topological polar surface area (TPSA) is 52.6 Å². The summed E-state index contributed by atoms with van der Waals surface area (Å²) in [5.41, 5.74) is 0.423. The summed E-state index contributed by atoms with van der Waals surface area (Å²) in [6.45, 7) is 3.59. The van der Waals surface area contributed by atoms with Crippen molar-refractivity contribution in [1.82, 2.24) is 0 Å². The highest BCUT2D eigenvalue weighted by molar-refractivity contribution is 5.87. The van der Waals surface area contributed by atoms with Crippen LogP contribution in [-0.2, 0) is 19.1 Å². The van der Waals surface area contributed by atoms with E-state index in [-0.39, 0.29) is 0 Å². The van der Waals surface area contributed by atoms with E-state index in [0.29, 0.717) is 12.0 Å².